The Bertz CT molecular complexity index is 1290. The van der Waals surface area contributed by atoms with Gasteiger partial charge in [0.1, 0.15) is 5.82 Å². The third-order valence-corrected chi connectivity index (χ3v) is 4.98. The molecule has 0 spiro atoms. The van der Waals surface area contributed by atoms with Gasteiger partial charge in [-0.05, 0) is 42.0 Å². The molecule has 10 nitrogen and oxygen atoms in total. The van der Waals surface area contributed by atoms with Gasteiger partial charge in [-0.25, -0.2) is 4.98 Å². The maximum atomic E-state index is 5.82. The molecule has 10 heteroatoms. The van der Waals surface area contributed by atoms with E-state index in [1.807, 2.05) is 48.5 Å². The first-order chi connectivity index (χ1) is 15.8. The van der Waals surface area contributed by atoms with Crippen molar-refractivity contribution in [2.24, 2.45) is 0 Å². The molecule has 4 aromatic rings. The fraction of sp³-hybridized carbons (Fsp3) is 0.136. The second kappa shape index (κ2) is 7.65. The SMILES string of the molecule is c1cnc(NCc2ccc3c(c2)OCO3)c(-c2nnc(Nc3ccc4c(c3)OCO4)o2)c1. The Morgan fingerprint density at radius 1 is 0.812 bits per heavy atom. The minimum absolute atomic E-state index is 0.215. The van der Waals surface area contributed by atoms with Crippen molar-refractivity contribution in [2.45, 2.75) is 6.54 Å². The van der Waals surface area contributed by atoms with Crippen LogP contribution in [0.3, 0.4) is 0 Å². The first kappa shape index (κ1) is 18.3. The molecule has 32 heavy (non-hydrogen) atoms. The molecule has 0 unspecified atom stereocenters. The fourth-order valence-electron chi connectivity index (χ4n) is 3.44. The van der Waals surface area contributed by atoms with E-state index in [1.54, 1.807) is 6.20 Å². The Labute approximate surface area is 182 Å². The first-order valence-electron chi connectivity index (χ1n) is 9.90. The van der Waals surface area contributed by atoms with Gasteiger partial charge >= 0.3 is 6.01 Å². The van der Waals surface area contributed by atoms with Gasteiger partial charge in [0.2, 0.25) is 13.6 Å². The molecular weight excluding hydrogens is 414 g/mol. The highest BCUT2D eigenvalue weighted by Gasteiger charge is 2.17. The summed E-state index contributed by atoms with van der Waals surface area (Å²) in [5.74, 6) is 3.83. The highest BCUT2D eigenvalue weighted by atomic mass is 16.7. The monoisotopic (exact) mass is 431 g/mol. The zero-order valence-corrected chi connectivity index (χ0v) is 16.7. The number of hydrogen-bond donors (Lipinski definition) is 2. The summed E-state index contributed by atoms with van der Waals surface area (Å²) < 4.78 is 27.3. The van der Waals surface area contributed by atoms with Crippen molar-refractivity contribution >= 4 is 17.5 Å². The van der Waals surface area contributed by atoms with Crippen LogP contribution in [-0.2, 0) is 6.54 Å². The van der Waals surface area contributed by atoms with E-state index in [9.17, 15) is 0 Å². The van der Waals surface area contributed by atoms with Crippen LogP contribution in [0.5, 0.6) is 23.0 Å². The Kier molecular flexibility index (Phi) is 4.38. The van der Waals surface area contributed by atoms with E-state index in [1.165, 1.54) is 0 Å². The second-order valence-corrected chi connectivity index (χ2v) is 7.05. The Morgan fingerprint density at radius 2 is 1.59 bits per heavy atom. The van der Waals surface area contributed by atoms with E-state index in [2.05, 4.69) is 25.8 Å². The minimum atomic E-state index is 0.215. The van der Waals surface area contributed by atoms with Crippen LogP contribution >= 0.6 is 0 Å². The standard InChI is InChI=1S/C22H17N5O5/c1-2-15(20(23-7-1)24-10-13-3-5-16-18(8-13)30-11-28-16)21-26-27-22(32-21)25-14-4-6-17-19(9-14)31-12-29-17/h1-9H,10-12H2,(H,23,24)(H,25,27). The number of fused-ring (bicyclic) bond motifs is 2. The minimum Gasteiger partial charge on any atom is -0.454 e. The van der Waals surface area contributed by atoms with Gasteiger partial charge in [-0.3, -0.25) is 0 Å². The summed E-state index contributed by atoms with van der Waals surface area (Å²) >= 11 is 0. The fourth-order valence-corrected chi connectivity index (χ4v) is 3.44. The van der Waals surface area contributed by atoms with E-state index < -0.39 is 0 Å². The smallest absolute Gasteiger partial charge is 0.320 e. The van der Waals surface area contributed by atoms with E-state index in [-0.39, 0.29) is 19.6 Å². The van der Waals surface area contributed by atoms with Crippen LogP contribution in [0.25, 0.3) is 11.5 Å². The number of anilines is 3. The summed E-state index contributed by atoms with van der Waals surface area (Å²) in [5.41, 5.74) is 2.47. The highest BCUT2D eigenvalue weighted by molar-refractivity contribution is 5.69. The topological polar surface area (TPSA) is 113 Å². The summed E-state index contributed by atoms with van der Waals surface area (Å²) in [5, 5.41) is 14.7. The van der Waals surface area contributed by atoms with E-state index in [0.29, 0.717) is 35.3 Å². The number of aromatic nitrogens is 3. The van der Waals surface area contributed by atoms with Crippen LogP contribution in [0.4, 0.5) is 17.5 Å². The number of rotatable bonds is 6. The van der Waals surface area contributed by atoms with Gasteiger partial charge < -0.3 is 34.0 Å². The predicted molar refractivity (Wildman–Crippen MR) is 113 cm³/mol. The van der Waals surface area contributed by atoms with Crippen LogP contribution in [0.15, 0.2) is 59.1 Å². The Morgan fingerprint density at radius 3 is 2.47 bits per heavy atom. The molecule has 6 rings (SSSR count). The second-order valence-electron chi connectivity index (χ2n) is 7.05. The lowest BCUT2D eigenvalue weighted by atomic mass is 10.2. The zero-order valence-electron chi connectivity index (χ0n) is 16.7. The number of ether oxygens (including phenoxy) is 4. The lowest BCUT2D eigenvalue weighted by Gasteiger charge is -2.09. The van der Waals surface area contributed by atoms with E-state index in [4.69, 9.17) is 23.4 Å². The van der Waals surface area contributed by atoms with Crippen LogP contribution in [0.1, 0.15) is 5.56 Å². The molecule has 0 bridgehead atoms. The Balaban J connectivity index is 1.19. The maximum Gasteiger partial charge on any atom is 0.320 e. The molecule has 0 radical (unpaired) electrons. The largest absolute Gasteiger partial charge is 0.454 e. The molecule has 0 atom stereocenters. The number of hydrogen-bond acceptors (Lipinski definition) is 10. The molecule has 0 fully saturated rings. The van der Waals surface area contributed by atoms with Crippen molar-refractivity contribution in [1.29, 1.82) is 0 Å². The quantitative estimate of drug-likeness (QED) is 0.465. The third-order valence-electron chi connectivity index (χ3n) is 4.98. The lowest BCUT2D eigenvalue weighted by Crippen LogP contribution is -2.03. The number of nitrogens with zero attached hydrogens (tertiary/aromatic N) is 3. The zero-order chi connectivity index (χ0) is 21.3. The molecule has 2 aliphatic rings. The van der Waals surface area contributed by atoms with Gasteiger partial charge in [-0.1, -0.05) is 11.2 Å². The van der Waals surface area contributed by atoms with Crippen molar-refractivity contribution < 1.29 is 23.4 Å². The van der Waals surface area contributed by atoms with Crippen molar-refractivity contribution in [1.82, 2.24) is 15.2 Å². The van der Waals surface area contributed by atoms with Gasteiger partial charge in [0.25, 0.3) is 5.89 Å². The van der Waals surface area contributed by atoms with Crippen molar-refractivity contribution in [3.05, 3.63) is 60.3 Å². The van der Waals surface area contributed by atoms with Gasteiger partial charge in [-0.2, -0.15) is 0 Å². The van der Waals surface area contributed by atoms with Gasteiger partial charge in [0.05, 0.1) is 5.56 Å². The molecule has 0 saturated carbocycles. The van der Waals surface area contributed by atoms with Crippen LogP contribution in [0.2, 0.25) is 0 Å². The molecule has 2 aromatic heterocycles. The van der Waals surface area contributed by atoms with Gasteiger partial charge in [-0.15, -0.1) is 5.10 Å². The summed E-state index contributed by atoms with van der Waals surface area (Å²) in [6.45, 7) is 1.00. The number of benzene rings is 2. The molecule has 2 aliphatic heterocycles. The lowest BCUT2D eigenvalue weighted by molar-refractivity contribution is 0.173. The van der Waals surface area contributed by atoms with E-state index >= 15 is 0 Å². The van der Waals surface area contributed by atoms with Gasteiger partial charge in [0.15, 0.2) is 23.0 Å². The van der Waals surface area contributed by atoms with Crippen LogP contribution in [0, 0.1) is 0 Å². The molecule has 160 valence electrons. The normalized spacial score (nSPS) is 13.2. The number of nitrogens with one attached hydrogen (secondary N) is 2. The molecular formula is C22H17N5O5. The van der Waals surface area contributed by atoms with E-state index in [0.717, 1.165) is 22.7 Å². The third kappa shape index (κ3) is 3.47. The van der Waals surface area contributed by atoms with Crippen LogP contribution < -0.4 is 29.6 Å². The molecule has 0 saturated heterocycles. The molecule has 4 heterocycles. The summed E-state index contributed by atoms with van der Waals surface area (Å²) in [6.07, 6.45) is 1.70. The maximum absolute atomic E-state index is 5.82. The molecule has 2 N–H and O–H groups in total. The average molecular weight is 431 g/mol. The first-order valence-corrected chi connectivity index (χ1v) is 9.90. The average Bonchev–Trinajstić information content (AvgIpc) is 3.58. The summed E-state index contributed by atoms with van der Waals surface area (Å²) in [7, 11) is 0. The molecule has 0 aliphatic carbocycles. The van der Waals surface area contributed by atoms with Gasteiger partial charge in [0, 0.05) is 24.5 Å². The predicted octanol–water partition coefficient (Wildman–Crippen LogP) is 3.94. The van der Waals surface area contributed by atoms with Crippen molar-refractivity contribution in [2.75, 3.05) is 24.2 Å². The summed E-state index contributed by atoms with van der Waals surface area (Å²) in [4.78, 5) is 4.43. The summed E-state index contributed by atoms with van der Waals surface area (Å²) in [6, 6.07) is 15.2. The number of pyridine rings is 1. The molecule has 2 aromatic carbocycles. The van der Waals surface area contributed by atoms with Crippen molar-refractivity contribution in [3.63, 3.8) is 0 Å². The molecule has 0 amide bonds. The van der Waals surface area contributed by atoms with Crippen LogP contribution in [-0.4, -0.2) is 28.8 Å². The Hall–Kier alpha value is -4.47. The van der Waals surface area contributed by atoms with Crippen molar-refractivity contribution in [3.8, 4) is 34.5 Å². The highest BCUT2D eigenvalue weighted by Crippen LogP contribution is 2.36.